The Balaban J connectivity index is 2.13. The number of benzene rings is 2. The summed E-state index contributed by atoms with van der Waals surface area (Å²) in [4.78, 5) is 12.8. The third kappa shape index (κ3) is 2.25. The molecule has 0 N–H and O–H groups in total. The van der Waals surface area contributed by atoms with Gasteiger partial charge in [0.25, 0.3) is 0 Å². The van der Waals surface area contributed by atoms with E-state index in [0.717, 1.165) is 16.7 Å². The van der Waals surface area contributed by atoms with Crippen LogP contribution in [0.2, 0.25) is 0 Å². The molecular formula is C17H14O2S. The molecule has 1 aliphatic heterocycles. The average molecular weight is 282 g/mol. The van der Waals surface area contributed by atoms with E-state index in [1.807, 2.05) is 66.9 Å². The summed E-state index contributed by atoms with van der Waals surface area (Å²) < 4.78 is 5.58. The van der Waals surface area contributed by atoms with Crippen molar-refractivity contribution in [1.29, 1.82) is 0 Å². The van der Waals surface area contributed by atoms with E-state index >= 15 is 0 Å². The summed E-state index contributed by atoms with van der Waals surface area (Å²) in [6.45, 7) is 0. The monoisotopic (exact) mass is 282 g/mol. The first-order valence-corrected chi connectivity index (χ1v) is 7.63. The molecule has 3 heteroatoms. The fourth-order valence-electron chi connectivity index (χ4n) is 2.40. The largest absolute Gasteiger partial charge is 0.448 e. The van der Waals surface area contributed by atoms with Gasteiger partial charge in [-0.3, -0.25) is 0 Å². The Kier molecular flexibility index (Phi) is 3.61. The number of rotatable bonds is 3. The Bertz CT molecular complexity index is 647. The second-order valence-corrected chi connectivity index (χ2v) is 5.33. The minimum Gasteiger partial charge on any atom is -0.448 e. The van der Waals surface area contributed by atoms with E-state index in [4.69, 9.17) is 4.74 Å². The summed E-state index contributed by atoms with van der Waals surface area (Å²) in [6.07, 6.45) is 1.60. The number of esters is 1. The van der Waals surface area contributed by atoms with Crippen LogP contribution in [0.5, 0.6) is 0 Å². The van der Waals surface area contributed by atoms with Crippen molar-refractivity contribution in [2.45, 2.75) is 6.10 Å². The SMILES string of the molecule is CSC1=C(c2ccccc2)C(c2ccccc2)OC1=O. The van der Waals surface area contributed by atoms with Gasteiger partial charge in [0.15, 0.2) is 6.10 Å². The Morgan fingerprint density at radius 1 is 0.950 bits per heavy atom. The number of hydrogen-bond donors (Lipinski definition) is 0. The molecule has 1 heterocycles. The van der Waals surface area contributed by atoms with Crippen LogP contribution in [0.1, 0.15) is 17.2 Å². The summed E-state index contributed by atoms with van der Waals surface area (Å²) in [7, 11) is 0. The molecule has 1 aliphatic rings. The number of ether oxygens (including phenoxy) is 1. The molecule has 0 aliphatic carbocycles. The van der Waals surface area contributed by atoms with Crippen molar-refractivity contribution in [3.63, 3.8) is 0 Å². The molecule has 20 heavy (non-hydrogen) atoms. The highest BCUT2D eigenvalue weighted by Crippen LogP contribution is 2.44. The van der Waals surface area contributed by atoms with Crippen molar-refractivity contribution in [1.82, 2.24) is 0 Å². The van der Waals surface area contributed by atoms with Crippen LogP contribution in [0, 0.1) is 0 Å². The topological polar surface area (TPSA) is 26.3 Å². The van der Waals surface area contributed by atoms with Crippen molar-refractivity contribution in [2.75, 3.05) is 6.26 Å². The molecule has 2 aromatic carbocycles. The lowest BCUT2D eigenvalue weighted by Crippen LogP contribution is -2.02. The normalized spacial score (nSPS) is 18.2. The van der Waals surface area contributed by atoms with Gasteiger partial charge in [-0.2, -0.15) is 0 Å². The lowest BCUT2D eigenvalue weighted by atomic mass is 9.96. The Morgan fingerprint density at radius 2 is 1.55 bits per heavy atom. The molecule has 2 nitrogen and oxygen atoms in total. The summed E-state index contributed by atoms with van der Waals surface area (Å²) in [6, 6.07) is 19.8. The van der Waals surface area contributed by atoms with Gasteiger partial charge < -0.3 is 4.74 Å². The molecule has 0 saturated heterocycles. The van der Waals surface area contributed by atoms with E-state index in [2.05, 4.69) is 0 Å². The molecule has 100 valence electrons. The van der Waals surface area contributed by atoms with E-state index in [1.165, 1.54) is 11.8 Å². The summed E-state index contributed by atoms with van der Waals surface area (Å²) >= 11 is 1.45. The number of thioether (sulfide) groups is 1. The molecule has 0 radical (unpaired) electrons. The van der Waals surface area contributed by atoms with E-state index in [-0.39, 0.29) is 12.1 Å². The first kappa shape index (κ1) is 13.0. The van der Waals surface area contributed by atoms with Gasteiger partial charge in [0.05, 0.1) is 0 Å². The Morgan fingerprint density at radius 3 is 2.15 bits per heavy atom. The predicted molar refractivity (Wildman–Crippen MR) is 82.2 cm³/mol. The summed E-state index contributed by atoms with van der Waals surface area (Å²) in [5, 5.41) is 0. The second kappa shape index (κ2) is 5.55. The molecule has 0 saturated carbocycles. The fourth-order valence-corrected chi connectivity index (χ4v) is 3.06. The smallest absolute Gasteiger partial charge is 0.346 e. The third-order valence-corrected chi connectivity index (χ3v) is 4.10. The van der Waals surface area contributed by atoms with Crippen LogP contribution < -0.4 is 0 Å². The highest BCUT2D eigenvalue weighted by atomic mass is 32.2. The Hall–Kier alpha value is -2.00. The third-order valence-electron chi connectivity index (χ3n) is 3.31. The highest BCUT2D eigenvalue weighted by molar-refractivity contribution is 8.03. The van der Waals surface area contributed by atoms with Crippen LogP contribution in [-0.2, 0) is 9.53 Å². The minimum absolute atomic E-state index is 0.231. The van der Waals surface area contributed by atoms with Gasteiger partial charge in [-0.1, -0.05) is 60.7 Å². The van der Waals surface area contributed by atoms with Crippen LogP contribution in [0.25, 0.3) is 5.57 Å². The van der Waals surface area contributed by atoms with E-state index in [0.29, 0.717) is 4.91 Å². The number of hydrogen-bond acceptors (Lipinski definition) is 3. The zero-order valence-corrected chi connectivity index (χ0v) is 11.9. The standard InChI is InChI=1S/C17H14O2S/c1-20-16-14(12-8-4-2-5-9-12)15(19-17(16)18)13-10-6-3-7-11-13/h2-11,15H,1H3. The lowest BCUT2D eigenvalue weighted by molar-refractivity contribution is -0.139. The molecule has 0 spiro atoms. The van der Waals surface area contributed by atoms with Gasteiger partial charge in [0, 0.05) is 5.57 Å². The van der Waals surface area contributed by atoms with Crippen molar-refractivity contribution >= 4 is 23.3 Å². The van der Waals surface area contributed by atoms with Crippen molar-refractivity contribution < 1.29 is 9.53 Å². The van der Waals surface area contributed by atoms with Gasteiger partial charge in [-0.05, 0) is 17.4 Å². The Labute approximate surface area is 122 Å². The van der Waals surface area contributed by atoms with Crippen LogP contribution >= 0.6 is 11.8 Å². The van der Waals surface area contributed by atoms with Gasteiger partial charge in [-0.15, -0.1) is 11.8 Å². The maximum absolute atomic E-state index is 12.1. The van der Waals surface area contributed by atoms with Crippen molar-refractivity contribution in [3.8, 4) is 0 Å². The molecule has 0 aromatic heterocycles. The first-order valence-electron chi connectivity index (χ1n) is 6.41. The van der Waals surface area contributed by atoms with E-state index in [9.17, 15) is 4.79 Å². The zero-order chi connectivity index (χ0) is 13.9. The molecule has 0 bridgehead atoms. The maximum Gasteiger partial charge on any atom is 0.346 e. The van der Waals surface area contributed by atoms with E-state index < -0.39 is 0 Å². The fraction of sp³-hybridized carbons (Fsp3) is 0.118. The molecular weight excluding hydrogens is 268 g/mol. The van der Waals surface area contributed by atoms with Crippen LogP contribution in [0.15, 0.2) is 65.6 Å². The van der Waals surface area contributed by atoms with Crippen LogP contribution in [0.4, 0.5) is 0 Å². The van der Waals surface area contributed by atoms with Crippen molar-refractivity contribution in [3.05, 3.63) is 76.7 Å². The van der Waals surface area contributed by atoms with Crippen molar-refractivity contribution in [2.24, 2.45) is 0 Å². The summed E-state index contributed by atoms with van der Waals surface area (Å²) in [5.74, 6) is -0.231. The second-order valence-electron chi connectivity index (χ2n) is 4.51. The highest BCUT2D eigenvalue weighted by Gasteiger charge is 2.35. The molecule has 1 atom stereocenters. The van der Waals surface area contributed by atoms with Gasteiger partial charge in [0.2, 0.25) is 0 Å². The zero-order valence-electron chi connectivity index (χ0n) is 11.1. The van der Waals surface area contributed by atoms with Gasteiger partial charge in [0.1, 0.15) is 4.91 Å². The van der Waals surface area contributed by atoms with E-state index in [1.54, 1.807) is 0 Å². The molecule has 0 amide bonds. The molecule has 3 rings (SSSR count). The number of cyclic esters (lactones) is 1. The summed E-state index contributed by atoms with van der Waals surface area (Å²) in [5.41, 5.74) is 3.01. The van der Waals surface area contributed by atoms with Crippen LogP contribution in [-0.4, -0.2) is 12.2 Å². The maximum atomic E-state index is 12.1. The van der Waals surface area contributed by atoms with Gasteiger partial charge in [-0.25, -0.2) is 4.79 Å². The predicted octanol–water partition coefficient (Wildman–Crippen LogP) is 4.06. The molecule has 1 unspecified atom stereocenters. The van der Waals surface area contributed by atoms with Crippen LogP contribution in [0.3, 0.4) is 0 Å². The average Bonchev–Trinajstić information content (AvgIpc) is 2.85. The lowest BCUT2D eigenvalue weighted by Gasteiger charge is -2.14. The first-order chi connectivity index (χ1) is 9.81. The number of carbonyl (C=O) groups is 1. The minimum atomic E-state index is -0.312. The molecule has 0 fully saturated rings. The number of carbonyl (C=O) groups excluding carboxylic acids is 1. The quantitative estimate of drug-likeness (QED) is 0.794. The molecule has 2 aromatic rings. The van der Waals surface area contributed by atoms with Gasteiger partial charge >= 0.3 is 5.97 Å².